The summed E-state index contributed by atoms with van der Waals surface area (Å²) < 4.78 is 5.85. The van der Waals surface area contributed by atoms with Gasteiger partial charge in [0.05, 0.1) is 6.20 Å². The minimum absolute atomic E-state index is 0.368. The number of aromatic nitrogens is 3. The smallest absolute Gasteiger partial charge is 0.213 e. The minimum Gasteiger partial charge on any atom is -0.474 e. The van der Waals surface area contributed by atoms with Gasteiger partial charge in [0.25, 0.3) is 0 Å². The van der Waals surface area contributed by atoms with Crippen LogP contribution in [0.25, 0.3) is 0 Å². The fourth-order valence-electron chi connectivity index (χ4n) is 2.49. The topological polar surface area (TPSA) is 62.8 Å². The Morgan fingerprint density at radius 1 is 1.15 bits per heavy atom. The molecule has 3 rings (SSSR count). The summed E-state index contributed by atoms with van der Waals surface area (Å²) in [6, 6.07) is 4.03. The van der Waals surface area contributed by atoms with Gasteiger partial charge < -0.3 is 10.1 Å². The molecular formula is C15H20N4O. The Balaban J connectivity index is 1.45. The highest BCUT2D eigenvalue weighted by Gasteiger charge is 2.16. The molecular weight excluding hydrogens is 252 g/mol. The molecule has 0 saturated heterocycles. The molecule has 2 heterocycles. The molecule has 1 saturated carbocycles. The lowest BCUT2D eigenvalue weighted by Gasteiger charge is -2.12. The zero-order chi connectivity index (χ0) is 13.6. The first-order valence-electron chi connectivity index (χ1n) is 7.20. The molecule has 0 aliphatic heterocycles. The van der Waals surface area contributed by atoms with Gasteiger partial charge in [-0.3, -0.25) is 5.10 Å². The van der Waals surface area contributed by atoms with Crippen LogP contribution in [0.15, 0.2) is 30.7 Å². The molecule has 1 aliphatic rings. The van der Waals surface area contributed by atoms with E-state index < -0.39 is 0 Å². The second-order valence-electron chi connectivity index (χ2n) is 5.24. The lowest BCUT2D eigenvalue weighted by molar-refractivity contribution is 0.201. The van der Waals surface area contributed by atoms with Gasteiger partial charge in [-0.2, -0.15) is 5.10 Å². The molecule has 1 fully saturated rings. The van der Waals surface area contributed by atoms with Gasteiger partial charge in [-0.25, -0.2) is 4.98 Å². The van der Waals surface area contributed by atoms with Crippen molar-refractivity contribution in [2.45, 2.75) is 44.9 Å². The lowest BCUT2D eigenvalue weighted by atomic mass is 10.2. The summed E-state index contributed by atoms with van der Waals surface area (Å²) in [7, 11) is 0. The number of aromatic amines is 1. The number of nitrogens with zero attached hydrogens (tertiary/aromatic N) is 2. The molecule has 106 valence electrons. The van der Waals surface area contributed by atoms with Crippen molar-refractivity contribution in [3.05, 3.63) is 41.9 Å². The molecule has 20 heavy (non-hydrogen) atoms. The van der Waals surface area contributed by atoms with Gasteiger partial charge >= 0.3 is 0 Å². The zero-order valence-corrected chi connectivity index (χ0v) is 11.5. The van der Waals surface area contributed by atoms with Crippen LogP contribution in [0, 0.1) is 0 Å². The SMILES string of the molecule is c1cc(OC2CCCC2)ncc1CNCc1cn[nH]c1. The van der Waals surface area contributed by atoms with Crippen LogP contribution >= 0.6 is 0 Å². The van der Waals surface area contributed by atoms with E-state index in [9.17, 15) is 0 Å². The van der Waals surface area contributed by atoms with Gasteiger partial charge in [-0.15, -0.1) is 0 Å². The van der Waals surface area contributed by atoms with E-state index in [-0.39, 0.29) is 0 Å². The van der Waals surface area contributed by atoms with Gasteiger partial charge in [0.15, 0.2) is 0 Å². The number of ether oxygens (including phenoxy) is 1. The predicted molar refractivity (Wildman–Crippen MR) is 76.3 cm³/mol. The van der Waals surface area contributed by atoms with E-state index in [0.717, 1.165) is 42.9 Å². The van der Waals surface area contributed by atoms with Crippen molar-refractivity contribution in [2.24, 2.45) is 0 Å². The summed E-state index contributed by atoms with van der Waals surface area (Å²) in [5.41, 5.74) is 2.31. The summed E-state index contributed by atoms with van der Waals surface area (Å²) in [5, 5.41) is 10.1. The van der Waals surface area contributed by atoms with Crippen molar-refractivity contribution < 1.29 is 4.74 Å². The van der Waals surface area contributed by atoms with Crippen LogP contribution < -0.4 is 10.1 Å². The van der Waals surface area contributed by atoms with Crippen LogP contribution in [-0.2, 0) is 13.1 Å². The monoisotopic (exact) mass is 272 g/mol. The van der Waals surface area contributed by atoms with E-state index in [1.54, 1.807) is 0 Å². The molecule has 1 aliphatic carbocycles. The van der Waals surface area contributed by atoms with E-state index >= 15 is 0 Å². The average molecular weight is 272 g/mol. The molecule has 0 amide bonds. The fourth-order valence-corrected chi connectivity index (χ4v) is 2.49. The highest BCUT2D eigenvalue weighted by Crippen LogP contribution is 2.22. The van der Waals surface area contributed by atoms with Crippen molar-refractivity contribution in [3.63, 3.8) is 0 Å². The molecule has 2 aromatic heterocycles. The van der Waals surface area contributed by atoms with E-state index in [4.69, 9.17) is 4.74 Å². The number of hydrogen-bond donors (Lipinski definition) is 2. The number of rotatable bonds is 6. The molecule has 5 heteroatoms. The van der Waals surface area contributed by atoms with Crippen LogP contribution in [0.3, 0.4) is 0 Å². The minimum atomic E-state index is 0.368. The first kappa shape index (κ1) is 13.1. The summed E-state index contributed by atoms with van der Waals surface area (Å²) in [5.74, 6) is 0.746. The average Bonchev–Trinajstić information content (AvgIpc) is 3.14. The molecule has 0 unspecified atom stereocenters. The predicted octanol–water partition coefficient (Wildman–Crippen LogP) is 2.42. The Bertz CT molecular complexity index is 503. The van der Waals surface area contributed by atoms with E-state index in [0.29, 0.717) is 6.10 Å². The maximum atomic E-state index is 5.85. The Kier molecular flexibility index (Phi) is 4.28. The first-order valence-corrected chi connectivity index (χ1v) is 7.20. The molecule has 2 aromatic rings. The normalized spacial score (nSPS) is 15.6. The summed E-state index contributed by atoms with van der Waals surface area (Å²) >= 11 is 0. The Labute approximate surface area is 118 Å². The van der Waals surface area contributed by atoms with Crippen molar-refractivity contribution in [3.8, 4) is 5.88 Å². The number of H-pyrrole nitrogens is 1. The van der Waals surface area contributed by atoms with Crippen LogP contribution in [0.2, 0.25) is 0 Å². The third kappa shape index (κ3) is 3.57. The molecule has 0 bridgehead atoms. The van der Waals surface area contributed by atoms with Gasteiger partial charge in [-0.05, 0) is 31.2 Å². The first-order chi connectivity index (χ1) is 9.90. The maximum Gasteiger partial charge on any atom is 0.213 e. The second-order valence-corrected chi connectivity index (χ2v) is 5.24. The fraction of sp³-hybridized carbons (Fsp3) is 0.467. The summed E-state index contributed by atoms with van der Waals surface area (Å²) in [4.78, 5) is 4.38. The molecule has 0 spiro atoms. The van der Waals surface area contributed by atoms with Crippen LogP contribution in [0.4, 0.5) is 0 Å². The number of hydrogen-bond acceptors (Lipinski definition) is 4. The molecule has 0 radical (unpaired) electrons. The molecule has 0 atom stereocenters. The summed E-state index contributed by atoms with van der Waals surface area (Å²) in [6.45, 7) is 1.60. The molecule has 2 N–H and O–H groups in total. The van der Waals surface area contributed by atoms with Crippen LogP contribution in [-0.4, -0.2) is 21.3 Å². The van der Waals surface area contributed by atoms with Crippen LogP contribution in [0.5, 0.6) is 5.88 Å². The second kappa shape index (κ2) is 6.52. The lowest BCUT2D eigenvalue weighted by Crippen LogP contribution is -2.13. The van der Waals surface area contributed by atoms with Gasteiger partial charge in [-0.1, -0.05) is 6.07 Å². The zero-order valence-electron chi connectivity index (χ0n) is 11.5. The Hall–Kier alpha value is -1.88. The summed E-state index contributed by atoms with van der Waals surface area (Å²) in [6.07, 6.45) is 10.8. The standard InChI is InChI=1S/C15H20N4O/c1-2-4-14(3-1)20-15-6-5-12(9-17-15)7-16-8-13-10-18-19-11-13/h5-6,9-11,14,16H,1-4,7-8H2,(H,18,19). The van der Waals surface area contributed by atoms with Gasteiger partial charge in [0.1, 0.15) is 6.10 Å². The molecule has 0 aromatic carbocycles. The third-order valence-electron chi connectivity index (χ3n) is 3.60. The van der Waals surface area contributed by atoms with Crippen molar-refractivity contribution in [2.75, 3.05) is 0 Å². The largest absolute Gasteiger partial charge is 0.474 e. The number of pyridine rings is 1. The van der Waals surface area contributed by atoms with E-state index in [1.807, 2.05) is 24.7 Å². The Morgan fingerprint density at radius 2 is 2.00 bits per heavy atom. The van der Waals surface area contributed by atoms with Crippen molar-refractivity contribution in [1.29, 1.82) is 0 Å². The molecule has 5 nitrogen and oxygen atoms in total. The third-order valence-corrected chi connectivity index (χ3v) is 3.60. The van der Waals surface area contributed by atoms with E-state index in [2.05, 4.69) is 26.6 Å². The van der Waals surface area contributed by atoms with Gasteiger partial charge in [0, 0.05) is 37.1 Å². The van der Waals surface area contributed by atoms with Crippen molar-refractivity contribution >= 4 is 0 Å². The van der Waals surface area contributed by atoms with Crippen LogP contribution in [0.1, 0.15) is 36.8 Å². The van der Waals surface area contributed by atoms with E-state index in [1.165, 1.54) is 12.8 Å². The highest BCUT2D eigenvalue weighted by molar-refractivity contribution is 5.18. The quantitative estimate of drug-likeness (QED) is 0.847. The number of nitrogens with one attached hydrogen (secondary N) is 2. The van der Waals surface area contributed by atoms with Gasteiger partial charge in [0.2, 0.25) is 5.88 Å². The Morgan fingerprint density at radius 3 is 2.70 bits per heavy atom. The highest BCUT2D eigenvalue weighted by atomic mass is 16.5. The maximum absolute atomic E-state index is 5.85. The van der Waals surface area contributed by atoms with Crippen molar-refractivity contribution in [1.82, 2.24) is 20.5 Å².